The molecule has 1 aliphatic heterocycles. The maximum absolute atomic E-state index is 9.10. The Kier molecular flexibility index (Phi) is 2.80. The highest BCUT2D eigenvalue weighted by Crippen LogP contribution is 2.18. The van der Waals surface area contributed by atoms with Gasteiger partial charge in [0.25, 0.3) is 0 Å². The molecule has 4 N–H and O–H groups in total. The Labute approximate surface area is 63.8 Å². The van der Waals surface area contributed by atoms with Crippen molar-refractivity contribution in [3.63, 3.8) is 0 Å². The molecule has 11 heavy (non-hydrogen) atoms. The van der Waals surface area contributed by atoms with Gasteiger partial charge in [0.15, 0.2) is 6.29 Å². The van der Waals surface area contributed by atoms with Crippen molar-refractivity contribution in [2.24, 2.45) is 0 Å². The lowest BCUT2D eigenvalue weighted by Crippen LogP contribution is -2.48. The van der Waals surface area contributed by atoms with Crippen LogP contribution in [0.15, 0.2) is 0 Å². The first kappa shape index (κ1) is 8.89. The van der Waals surface area contributed by atoms with E-state index in [-0.39, 0.29) is 13.0 Å². The molecular formula is C6H12O5. The lowest BCUT2D eigenvalue weighted by molar-refractivity contribution is -0.251. The first-order valence-corrected chi connectivity index (χ1v) is 3.45. The molecule has 0 aromatic rings. The van der Waals surface area contributed by atoms with E-state index in [0.29, 0.717) is 0 Å². The maximum Gasteiger partial charge on any atom is 0.181 e. The summed E-state index contributed by atoms with van der Waals surface area (Å²) in [5, 5.41) is 35.5. The summed E-state index contributed by atoms with van der Waals surface area (Å²) in [6.07, 6.45) is -4.01. The van der Waals surface area contributed by atoms with Crippen LogP contribution in [0.25, 0.3) is 0 Å². The molecule has 5 heteroatoms. The van der Waals surface area contributed by atoms with Crippen molar-refractivity contribution in [3.8, 4) is 0 Å². The molecule has 0 radical (unpaired) electrons. The van der Waals surface area contributed by atoms with Gasteiger partial charge < -0.3 is 25.2 Å². The van der Waals surface area contributed by atoms with Crippen molar-refractivity contribution < 1.29 is 25.2 Å². The average Bonchev–Trinajstić information content (AvgIpc) is 1.97. The number of rotatable bonds is 1. The summed E-state index contributed by atoms with van der Waals surface area (Å²) in [7, 11) is 0. The van der Waals surface area contributed by atoms with Gasteiger partial charge in [-0.1, -0.05) is 0 Å². The van der Waals surface area contributed by atoms with Crippen LogP contribution in [0.2, 0.25) is 0 Å². The maximum atomic E-state index is 9.10. The van der Waals surface area contributed by atoms with Gasteiger partial charge in [-0.25, -0.2) is 0 Å². The minimum atomic E-state index is -1.30. The van der Waals surface area contributed by atoms with E-state index in [1.165, 1.54) is 0 Å². The van der Waals surface area contributed by atoms with Crippen molar-refractivity contribution in [1.82, 2.24) is 0 Å². The van der Waals surface area contributed by atoms with Crippen molar-refractivity contribution in [3.05, 3.63) is 0 Å². The summed E-state index contributed by atoms with van der Waals surface area (Å²) in [5.74, 6) is 0. The van der Waals surface area contributed by atoms with Crippen LogP contribution in [-0.2, 0) is 4.74 Å². The van der Waals surface area contributed by atoms with Crippen LogP contribution < -0.4 is 0 Å². The van der Waals surface area contributed by atoms with Gasteiger partial charge in [0.2, 0.25) is 0 Å². The lowest BCUT2D eigenvalue weighted by atomic mass is 10.0. The van der Waals surface area contributed by atoms with Gasteiger partial charge in [0.05, 0.1) is 12.7 Å². The van der Waals surface area contributed by atoms with Gasteiger partial charge >= 0.3 is 0 Å². The molecule has 1 unspecified atom stereocenters. The van der Waals surface area contributed by atoms with Crippen LogP contribution in [-0.4, -0.2) is 51.6 Å². The molecule has 66 valence electrons. The molecular weight excluding hydrogens is 152 g/mol. The summed E-state index contributed by atoms with van der Waals surface area (Å²) >= 11 is 0. The van der Waals surface area contributed by atoms with Gasteiger partial charge in [0, 0.05) is 6.42 Å². The molecule has 0 bridgehead atoms. The summed E-state index contributed by atoms with van der Waals surface area (Å²) in [6.45, 7) is -0.356. The Morgan fingerprint density at radius 3 is 2.36 bits per heavy atom. The second-order valence-electron chi connectivity index (χ2n) is 2.62. The van der Waals surface area contributed by atoms with Gasteiger partial charge in [-0.15, -0.1) is 0 Å². The number of aliphatic hydroxyl groups is 4. The minimum Gasteiger partial charge on any atom is -0.394 e. The molecule has 1 aliphatic rings. The highest BCUT2D eigenvalue weighted by molar-refractivity contribution is 4.79. The molecule has 0 aliphatic carbocycles. The van der Waals surface area contributed by atoms with Gasteiger partial charge in [-0.2, -0.15) is 0 Å². The highest BCUT2D eigenvalue weighted by Gasteiger charge is 2.34. The van der Waals surface area contributed by atoms with Crippen LogP contribution in [0.5, 0.6) is 0 Å². The third kappa shape index (κ3) is 1.88. The van der Waals surface area contributed by atoms with Crippen molar-refractivity contribution >= 4 is 0 Å². The quantitative estimate of drug-likeness (QED) is 0.353. The largest absolute Gasteiger partial charge is 0.394 e. The van der Waals surface area contributed by atoms with E-state index >= 15 is 0 Å². The van der Waals surface area contributed by atoms with Crippen molar-refractivity contribution in [1.29, 1.82) is 0 Å². The fraction of sp³-hybridized carbons (Fsp3) is 1.00. The SMILES string of the molecule is OC[C@H]1OC(O)[C@@H](O)C[C@@H]1O. The molecule has 0 aromatic heterocycles. The predicted octanol–water partition coefficient (Wildman–Crippen LogP) is -2.19. The van der Waals surface area contributed by atoms with Crippen LogP contribution in [0.1, 0.15) is 6.42 Å². The Bertz CT molecular complexity index is 128. The lowest BCUT2D eigenvalue weighted by Gasteiger charge is -2.33. The van der Waals surface area contributed by atoms with Gasteiger partial charge in [0.1, 0.15) is 12.2 Å². The molecule has 1 heterocycles. The predicted molar refractivity (Wildman–Crippen MR) is 34.6 cm³/mol. The molecule has 4 atom stereocenters. The smallest absolute Gasteiger partial charge is 0.181 e. The number of hydrogen-bond donors (Lipinski definition) is 4. The Hall–Kier alpha value is -0.200. The van der Waals surface area contributed by atoms with Crippen LogP contribution in [0, 0.1) is 0 Å². The normalized spacial score (nSPS) is 45.8. The Morgan fingerprint density at radius 1 is 1.18 bits per heavy atom. The summed E-state index contributed by atoms with van der Waals surface area (Å²) < 4.78 is 4.67. The molecule has 0 saturated carbocycles. The van der Waals surface area contributed by atoms with Crippen LogP contribution in [0.4, 0.5) is 0 Å². The zero-order chi connectivity index (χ0) is 8.43. The van der Waals surface area contributed by atoms with Crippen molar-refractivity contribution in [2.75, 3.05) is 6.61 Å². The summed E-state index contributed by atoms with van der Waals surface area (Å²) in [5.41, 5.74) is 0. The monoisotopic (exact) mass is 164 g/mol. The summed E-state index contributed by atoms with van der Waals surface area (Å²) in [4.78, 5) is 0. The first-order valence-electron chi connectivity index (χ1n) is 3.45. The van der Waals surface area contributed by atoms with E-state index in [9.17, 15) is 0 Å². The molecule has 1 fully saturated rings. The fourth-order valence-electron chi connectivity index (χ4n) is 1.04. The summed E-state index contributed by atoms with van der Waals surface area (Å²) in [6, 6.07) is 0. The second-order valence-corrected chi connectivity index (χ2v) is 2.62. The molecule has 0 spiro atoms. The molecule has 0 amide bonds. The third-order valence-electron chi connectivity index (χ3n) is 1.74. The zero-order valence-electron chi connectivity index (χ0n) is 5.92. The Morgan fingerprint density at radius 2 is 1.82 bits per heavy atom. The Balaban J connectivity index is 2.48. The van der Waals surface area contributed by atoms with Crippen molar-refractivity contribution in [2.45, 2.75) is 31.0 Å². The minimum absolute atomic E-state index is 0.0341. The number of hydrogen-bond acceptors (Lipinski definition) is 5. The molecule has 5 nitrogen and oxygen atoms in total. The van der Waals surface area contributed by atoms with Crippen LogP contribution in [0.3, 0.4) is 0 Å². The molecule has 0 aromatic carbocycles. The molecule has 1 saturated heterocycles. The van der Waals surface area contributed by atoms with E-state index in [2.05, 4.69) is 4.74 Å². The van der Waals surface area contributed by atoms with Gasteiger partial charge in [-0.3, -0.25) is 0 Å². The third-order valence-corrected chi connectivity index (χ3v) is 1.74. The molecule has 1 rings (SSSR count). The van der Waals surface area contributed by atoms with E-state index < -0.39 is 24.6 Å². The van der Waals surface area contributed by atoms with E-state index in [4.69, 9.17) is 20.4 Å². The number of aliphatic hydroxyl groups excluding tert-OH is 4. The zero-order valence-corrected chi connectivity index (χ0v) is 5.92. The number of ether oxygens (including phenoxy) is 1. The average molecular weight is 164 g/mol. The van der Waals surface area contributed by atoms with E-state index in [1.807, 2.05) is 0 Å². The first-order chi connectivity index (χ1) is 5.15. The second kappa shape index (κ2) is 3.46. The fourth-order valence-corrected chi connectivity index (χ4v) is 1.04. The topological polar surface area (TPSA) is 90.2 Å². The van der Waals surface area contributed by atoms with Gasteiger partial charge in [-0.05, 0) is 0 Å². The van der Waals surface area contributed by atoms with E-state index in [0.717, 1.165) is 0 Å². The highest BCUT2D eigenvalue weighted by atomic mass is 16.6. The van der Waals surface area contributed by atoms with Crippen LogP contribution >= 0.6 is 0 Å². The standard InChI is InChI=1S/C6H12O5/c7-2-5-3(8)1-4(9)6(10)11-5/h3-10H,1-2H2/t3-,4-,5+,6?/m0/s1. The van der Waals surface area contributed by atoms with E-state index in [1.54, 1.807) is 0 Å².